The van der Waals surface area contributed by atoms with Crippen molar-refractivity contribution in [1.82, 2.24) is 0 Å². The summed E-state index contributed by atoms with van der Waals surface area (Å²) in [6, 6.07) is 4.56. The molecule has 0 unspecified atom stereocenters. The number of unbranched alkanes of at least 4 members (excludes halogenated alkanes) is 2. The predicted octanol–water partition coefficient (Wildman–Crippen LogP) is 2.79. The SMILES string of the molecule is CCCCCc1cc(F)cc(CC(=O)O)c1.CO. The Balaban J connectivity index is 0.00000137. The normalized spacial score (nSPS) is 9.56. The Bertz CT molecular complexity index is 364. The van der Waals surface area contributed by atoms with E-state index in [9.17, 15) is 9.18 Å². The molecule has 0 aromatic heterocycles. The third-order valence-electron chi connectivity index (χ3n) is 2.44. The second kappa shape index (κ2) is 9.59. The number of rotatable bonds is 6. The van der Waals surface area contributed by atoms with Gasteiger partial charge >= 0.3 is 5.97 Å². The van der Waals surface area contributed by atoms with Crippen molar-refractivity contribution in [2.75, 3.05) is 7.11 Å². The summed E-state index contributed by atoms with van der Waals surface area (Å²) >= 11 is 0. The predicted molar refractivity (Wildman–Crippen MR) is 69.1 cm³/mol. The van der Waals surface area contributed by atoms with Gasteiger partial charge in [0, 0.05) is 7.11 Å². The van der Waals surface area contributed by atoms with Gasteiger partial charge in [0.05, 0.1) is 6.42 Å². The first kappa shape index (κ1) is 16.6. The Hall–Kier alpha value is -1.42. The molecule has 2 N–H and O–H groups in total. The number of carbonyl (C=O) groups is 1. The Morgan fingerprint density at radius 2 is 1.78 bits per heavy atom. The lowest BCUT2D eigenvalue weighted by Gasteiger charge is -2.04. The van der Waals surface area contributed by atoms with E-state index in [0.717, 1.165) is 38.4 Å². The van der Waals surface area contributed by atoms with Crippen molar-refractivity contribution >= 4 is 5.97 Å². The van der Waals surface area contributed by atoms with Gasteiger partial charge in [0.15, 0.2) is 0 Å². The van der Waals surface area contributed by atoms with Crippen LogP contribution >= 0.6 is 0 Å². The molecule has 102 valence electrons. The van der Waals surface area contributed by atoms with Crippen molar-refractivity contribution in [3.05, 3.63) is 35.1 Å². The maximum Gasteiger partial charge on any atom is 0.307 e. The number of carboxylic acid groups (broad SMARTS) is 1. The van der Waals surface area contributed by atoms with Gasteiger partial charge in [-0.25, -0.2) is 4.39 Å². The fourth-order valence-corrected chi connectivity index (χ4v) is 1.72. The van der Waals surface area contributed by atoms with Crippen LogP contribution < -0.4 is 0 Å². The van der Waals surface area contributed by atoms with Gasteiger partial charge in [-0.05, 0) is 36.1 Å². The van der Waals surface area contributed by atoms with E-state index < -0.39 is 5.97 Å². The summed E-state index contributed by atoms with van der Waals surface area (Å²) < 4.78 is 13.2. The minimum Gasteiger partial charge on any atom is -0.481 e. The second-order valence-corrected chi connectivity index (χ2v) is 4.00. The number of hydrogen-bond acceptors (Lipinski definition) is 2. The van der Waals surface area contributed by atoms with Crippen LogP contribution in [-0.2, 0) is 17.6 Å². The summed E-state index contributed by atoms with van der Waals surface area (Å²) in [6.45, 7) is 2.11. The molecule has 0 saturated carbocycles. The standard InChI is InChI=1S/C13H17FO2.CH4O/c1-2-3-4-5-10-6-11(9-13(15)16)8-12(14)7-10;1-2/h6-8H,2-5,9H2,1H3,(H,15,16);2H,1H3. The molecule has 0 saturated heterocycles. The first-order chi connectivity index (χ1) is 8.61. The summed E-state index contributed by atoms with van der Waals surface area (Å²) in [4.78, 5) is 10.5. The topological polar surface area (TPSA) is 57.5 Å². The van der Waals surface area contributed by atoms with Crippen LogP contribution in [-0.4, -0.2) is 23.3 Å². The molecule has 1 rings (SSSR count). The third-order valence-corrected chi connectivity index (χ3v) is 2.44. The molecule has 1 aromatic rings. The lowest BCUT2D eigenvalue weighted by atomic mass is 10.0. The Morgan fingerprint density at radius 1 is 1.17 bits per heavy atom. The van der Waals surface area contributed by atoms with Crippen LogP contribution in [0.1, 0.15) is 37.3 Å². The third kappa shape index (κ3) is 7.01. The van der Waals surface area contributed by atoms with Crippen molar-refractivity contribution in [1.29, 1.82) is 0 Å². The quantitative estimate of drug-likeness (QED) is 0.769. The smallest absolute Gasteiger partial charge is 0.307 e. The van der Waals surface area contributed by atoms with Crippen molar-refractivity contribution in [2.24, 2.45) is 0 Å². The summed E-state index contributed by atoms with van der Waals surface area (Å²) in [6.07, 6.45) is 3.96. The van der Waals surface area contributed by atoms with E-state index in [0.29, 0.717) is 5.56 Å². The number of carboxylic acids is 1. The number of benzene rings is 1. The second-order valence-electron chi connectivity index (χ2n) is 4.00. The van der Waals surface area contributed by atoms with Gasteiger partial charge in [0.25, 0.3) is 0 Å². The molecule has 0 radical (unpaired) electrons. The fourth-order valence-electron chi connectivity index (χ4n) is 1.72. The van der Waals surface area contributed by atoms with E-state index in [1.807, 2.05) is 0 Å². The number of aryl methyl sites for hydroxylation is 1. The minimum absolute atomic E-state index is 0.113. The number of halogens is 1. The average molecular weight is 256 g/mol. The lowest BCUT2D eigenvalue weighted by Crippen LogP contribution is -2.01. The van der Waals surface area contributed by atoms with Crippen LogP contribution in [0.4, 0.5) is 4.39 Å². The average Bonchev–Trinajstić information content (AvgIpc) is 2.30. The molecule has 0 spiro atoms. The highest BCUT2D eigenvalue weighted by molar-refractivity contribution is 5.70. The number of aliphatic carboxylic acids is 1. The van der Waals surface area contributed by atoms with Gasteiger partial charge < -0.3 is 10.2 Å². The van der Waals surface area contributed by atoms with Gasteiger partial charge in [-0.15, -0.1) is 0 Å². The zero-order valence-corrected chi connectivity index (χ0v) is 10.9. The molecule has 0 amide bonds. The van der Waals surface area contributed by atoms with E-state index in [1.54, 1.807) is 6.07 Å². The summed E-state index contributed by atoms with van der Waals surface area (Å²) in [5.41, 5.74) is 1.43. The van der Waals surface area contributed by atoms with Crippen LogP contribution in [0, 0.1) is 5.82 Å². The fraction of sp³-hybridized carbons (Fsp3) is 0.500. The monoisotopic (exact) mass is 256 g/mol. The Morgan fingerprint density at radius 3 is 2.33 bits per heavy atom. The highest BCUT2D eigenvalue weighted by atomic mass is 19.1. The molecule has 4 heteroatoms. The molecule has 0 fully saturated rings. The van der Waals surface area contributed by atoms with E-state index in [4.69, 9.17) is 10.2 Å². The maximum absolute atomic E-state index is 13.2. The van der Waals surface area contributed by atoms with Crippen LogP contribution in [0.25, 0.3) is 0 Å². The van der Waals surface area contributed by atoms with E-state index in [2.05, 4.69) is 6.92 Å². The van der Waals surface area contributed by atoms with Gasteiger partial charge in [-0.2, -0.15) is 0 Å². The molecule has 0 heterocycles. The molecule has 0 bridgehead atoms. The Kier molecular flexibility index (Phi) is 8.84. The zero-order valence-electron chi connectivity index (χ0n) is 10.9. The van der Waals surface area contributed by atoms with Gasteiger partial charge in [0.2, 0.25) is 0 Å². The van der Waals surface area contributed by atoms with Crippen LogP contribution in [0.3, 0.4) is 0 Å². The first-order valence-corrected chi connectivity index (χ1v) is 6.06. The van der Waals surface area contributed by atoms with Gasteiger partial charge in [-0.1, -0.05) is 25.8 Å². The summed E-state index contributed by atoms with van der Waals surface area (Å²) in [7, 11) is 1.00. The first-order valence-electron chi connectivity index (χ1n) is 6.06. The van der Waals surface area contributed by atoms with Crippen LogP contribution in [0.2, 0.25) is 0 Å². The summed E-state index contributed by atoms with van der Waals surface area (Å²) in [5, 5.41) is 15.6. The maximum atomic E-state index is 13.2. The summed E-state index contributed by atoms with van der Waals surface area (Å²) in [5.74, 6) is -1.27. The molecule has 0 atom stereocenters. The van der Waals surface area contributed by atoms with Crippen molar-refractivity contribution in [3.63, 3.8) is 0 Å². The van der Waals surface area contributed by atoms with Crippen LogP contribution in [0.15, 0.2) is 18.2 Å². The molecular formula is C14H21FO3. The van der Waals surface area contributed by atoms with E-state index in [1.165, 1.54) is 12.1 Å². The largest absolute Gasteiger partial charge is 0.481 e. The zero-order chi connectivity index (χ0) is 14.0. The van der Waals surface area contributed by atoms with Crippen molar-refractivity contribution < 1.29 is 19.4 Å². The molecule has 0 aliphatic rings. The molecule has 1 aromatic carbocycles. The van der Waals surface area contributed by atoms with E-state index >= 15 is 0 Å². The number of hydrogen-bond donors (Lipinski definition) is 2. The number of aliphatic hydroxyl groups is 1. The molecule has 18 heavy (non-hydrogen) atoms. The molecule has 0 aliphatic carbocycles. The Labute approximate surface area is 107 Å². The van der Waals surface area contributed by atoms with Crippen LogP contribution in [0.5, 0.6) is 0 Å². The highest BCUT2D eigenvalue weighted by Crippen LogP contribution is 2.13. The number of aliphatic hydroxyl groups excluding tert-OH is 1. The van der Waals surface area contributed by atoms with E-state index in [-0.39, 0.29) is 12.2 Å². The van der Waals surface area contributed by atoms with Crippen molar-refractivity contribution in [2.45, 2.75) is 39.0 Å². The minimum atomic E-state index is -0.926. The highest BCUT2D eigenvalue weighted by Gasteiger charge is 2.04. The molecule has 3 nitrogen and oxygen atoms in total. The molecule has 0 aliphatic heterocycles. The van der Waals surface area contributed by atoms with Gasteiger partial charge in [0.1, 0.15) is 5.82 Å². The van der Waals surface area contributed by atoms with Gasteiger partial charge in [-0.3, -0.25) is 4.79 Å². The lowest BCUT2D eigenvalue weighted by molar-refractivity contribution is -0.136. The molecular weight excluding hydrogens is 235 g/mol. The van der Waals surface area contributed by atoms with Crippen molar-refractivity contribution in [3.8, 4) is 0 Å².